The highest BCUT2D eigenvalue weighted by molar-refractivity contribution is 14.2. The molecule has 0 bridgehead atoms. The van der Waals surface area contributed by atoms with Gasteiger partial charge < -0.3 is 25.7 Å². The second-order valence-electron chi connectivity index (χ2n) is 8.02. The maximum absolute atomic E-state index is 12.4. The summed E-state index contributed by atoms with van der Waals surface area (Å²) in [5.41, 5.74) is 3.28. The first-order valence-electron chi connectivity index (χ1n) is 11.2. The number of halogens is 1. The van der Waals surface area contributed by atoms with E-state index in [1.165, 1.54) is 6.07 Å². The number of nitrogens with one attached hydrogen (secondary N) is 2. The summed E-state index contributed by atoms with van der Waals surface area (Å²) in [7, 11) is 8.22. The molecule has 0 atom stereocenters. The normalized spacial score (nSPS) is 14.6. The van der Waals surface area contributed by atoms with Crippen LogP contribution >= 0.6 is 20.7 Å². The van der Waals surface area contributed by atoms with Crippen LogP contribution in [0.5, 0.6) is 11.5 Å². The molecule has 6 nitrogen and oxygen atoms in total. The van der Waals surface area contributed by atoms with Gasteiger partial charge in [-0.1, -0.05) is 81.3 Å². The molecule has 3 aromatic rings. The van der Waals surface area contributed by atoms with E-state index in [0.717, 1.165) is 24.2 Å². The Morgan fingerprint density at radius 1 is 1.03 bits per heavy atom. The quantitative estimate of drug-likeness (QED) is 0.178. The van der Waals surface area contributed by atoms with Crippen molar-refractivity contribution in [2.75, 3.05) is 12.4 Å². The fourth-order valence-electron chi connectivity index (χ4n) is 3.58. The van der Waals surface area contributed by atoms with Crippen LogP contribution in [0.4, 0.5) is 5.69 Å². The first kappa shape index (κ1) is 25.3. The average molecular weight is 589 g/mol. The molecule has 1 aliphatic rings. The number of phenols is 2. The molecule has 1 heterocycles. The number of carbonyl (C=O) groups is 1. The highest BCUT2D eigenvalue weighted by Crippen LogP contribution is 2.34. The summed E-state index contributed by atoms with van der Waals surface area (Å²) in [6, 6.07) is 21.2. The van der Waals surface area contributed by atoms with Gasteiger partial charge in [0.25, 0.3) is 5.91 Å². The largest absolute Gasteiger partial charge is 0.507 e. The van der Waals surface area contributed by atoms with Crippen LogP contribution in [0.3, 0.4) is 0 Å². The molecule has 4 rings (SSSR count). The van der Waals surface area contributed by atoms with E-state index in [1.54, 1.807) is 36.4 Å². The van der Waals surface area contributed by atoms with Crippen LogP contribution in [0, 0.1) is 0 Å². The van der Waals surface area contributed by atoms with E-state index < -0.39 is 20.7 Å². The number of rotatable bonds is 7. The summed E-state index contributed by atoms with van der Waals surface area (Å²) in [5, 5.41) is 26.6. The van der Waals surface area contributed by atoms with Gasteiger partial charge in [0.15, 0.2) is 0 Å². The Morgan fingerprint density at radius 3 is 2.36 bits per heavy atom. The van der Waals surface area contributed by atoms with Crippen LogP contribution in [0.15, 0.2) is 107 Å². The first-order valence-corrected chi connectivity index (χ1v) is 13.3. The van der Waals surface area contributed by atoms with Gasteiger partial charge in [-0.15, -0.1) is 0 Å². The zero-order valence-electron chi connectivity index (χ0n) is 19.7. The molecule has 0 aromatic heterocycles. The maximum Gasteiger partial charge on any atom is 0.259 e. The van der Waals surface area contributed by atoms with E-state index >= 15 is 0 Å². The number of phenolic OH excluding ortho intramolecular Hbond substituents is 2. The number of carbonyl (C=O) groups excluding carboxylic acids is 1. The van der Waals surface area contributed by atoms with Gasteiger partial charge in [0.05, 0.1) is 9.27 Å². The third-order valence-electron chi connectivity index (χ3n) is 5.56. The molecule has 4 N–H and O–H groups in total. The number of amides is 1. The van der Waals surface area contributed by atoms with Crippen LogP contribution in [0.2, 0.25) is 0 Å². The molecule has 36 heavy (non-hydrogen) atoms. The number of benzene rings is 3. The van der Waals surface area contributed by atoms with Crippen molar-refractivity contribution >= 4 is 43.7 Å². The zero-order valence-corrected chi connectivity index (χ0v) is 21.9. The number of para-hydroxylation sites is 2. The van der Waals surface area contributed by atoms with Crippen LogP contribution in [-0.4, -0.2) is 39.4 Å². The molecule has 0 unspecified atom stereocenters. The second-order valence-corrected chi connectivity index (χ2v) is 10.7. The van der Waals surface area contributed by atoms with Crippen LogP contribution in [0.1, 0.15) is 21.5 Å². The predicted molar refractivity (Wildman–Crippen MR) is 154 cm³/mol. The molecule has 0 saturated carbocycles. The Balaban J connectivity index is 1.50. The Hall–Kier alpha value is -3.79. The number of hydrogen-bond donors (Lipinski definition) is 4. The summed E-state index contributed by atoms with van der Waals surface area (Å²) in [6.45, 7) is 4.36. The van der Waals surface area contributed by atoms with Gasteiger partial charge in [0, 0.05) is 28.4 Å². The molecule has 0 aliphatic carbocycles. The number of anilines is 1. The van der Waals surface area contributed by atoms with E-state index in [4.69, 9.17) is 7.85 Å². The minimum atomic E-state index is -0.637. The summed E-state index contributed by atoms with van der Waals surface area (Å²) in [6.07, 6.45) is 3.71. The van der Waals surface area contributed by atoms with Crippen molar-refractivity contribution in [3.63, 3.8) is 0 Å². The van der Waals surface area contributed by atoms with Crippen LogP contribution < -0.4 is 10.6 Å². The smallest absolute Gasteiger partial charge is 0.259 e. The lowest BCUT2D eigenvalue weighted by atomic mass is 9.97. The van der Waals surface area contributed by atoms with Crippen molar-refractivity contribution in [3.05, 3.63) is 123 Å². The highest BCUT2D eigenvalue weighted by Gasteiger charge is 2.19. The summed E-state index contributed by atoms with van der Waals surface area (Å²) in [5.74, 6) is 0.664. The third-order valence-corrected chi connectivity index (χ3v) is 8.90. The standard InChI is InChI=1S/C28H25BIN3O3/c1-3-22(29)27-30-23(20-8-4-6-10-24(20)34)16-26(33(27)2)31-17-18-12-14-19(15-13-18)32-28(36)21-9-5-7-11-25(21)35/h3-16,31,34-35H,1,17H2,2H3,(H,32,36)/b27-22+. The van der Waals surface area contributed by atoms with Gasteiger partial charge in [-0.3, -0.25) is 4.79 Å². The van der Waals surface area contributed by atoms with Gasteiger partial charge in [-0.05, 0) is 42.0 Å². The summed E-state index contributed by atoms with van der Waals surface area (Å²) >= 11 is -0.637. The Labute approximate surface area is 221 Å². The maximum atomic E-state index is 12.4. The lowest BCUT2D eigenvalue weighted by molar-refractivity contribution is 0.102. The molecule has 1 amide bonds. The van der Waals surface area contributed by atoms with Crippen molar-refractivity contribution in [2.45, 2.75) is 6.54 Å². The molecule has 1 aliphatic heterocycles. The van der Waals surface area contributed by atoms with E-state index in [1.807, 2.05) is 48.3 Å². The van der Waals surface area contributed by atoms with Gasteiger partial charge in [-0.25, -0.2) is 0 Å². The first-order chi connectivity index (χ1) is 17.4. The van der Waals surface area contributed by atoms with E-state index in [0.29, 0.717) is 17.7 Å². The Bertz CT molecular complexity index is 1400. The van der Waals surface area contributed by atoms with E-state index in [-0.39, 0.29) is 23.0 Å². The van der Waals surface area contributed by atoms with Gasteiger partial charge >= 0.3 is 0 Å². The molecule has 180 valence electrons. The van der Waals surface area contributed by atoms with Crippen molar-refractivity contribution < 1.29 is 15.0 Å². The van der Waals surface area contributed by atoms with Gasteiger partial charge in [-0.2, -0.15) is 0 Å². The van der Waals surface area contributed by atoms with Crippen molar-refractivity contribution in [3.8, 4) is 11.5 Å². The lowest BCUT2D eigenvalue weighted by Gasteiger charge is -2.30. The van der Waals surface area contributed by atoms with Crippen LogP contribution in [-0.2, 0) is 6.54 Å². The summed E-state index contributed by atoms with van der Waals surface area (Å²) in [4.78, 5) is 14.5. The second kappa shape index (κ2) is 11.3. The fraction of sp³-hybridized carbons (Fsp3) is 0.0714. The lowest BCUT2D eigenvalue weighted by Crippen LogP contribution is -2.30. The third kappa shape index (κ3) is 5.71. The van der Waals surface area contributed by atoms with E-state index in [2.05, 4.69) is 23.3 Å². The van der Waals surface area contributed by atoms with Crippen molar-refractivity contribution in [1.29, 1.82) is 0 Å². The van der Waals surface area contributed by atoms with Gasteiger partial charge in [0.1, 0.15) is 25.2 Å². The Kier molecular flexibility index (Phi) is 7.95. The number of aromatic hydroxyl groups is 2. The molecule has 0 saturated heterocycles. The zero-order chi connectivity index (χ0) is 25.7. The topological polar surface area (TPSA) is 84.8 Å². The Morgan fingerprint density at radius 2 is 1.69 bits per heavy atom. The number of hydrogen-bond acceptors (Lipinski definition) is 5. The molecular formula is C28H25BIN3O3. The predicted octanol–water partition coefficient (Wildman–Crippen LogP) is 4.94. The SMILES string of the molecule is [B]/C(C=C)=C1\I=C(c2ccccc2O)C=C(NCc2ccc(NC(=O)c3ccccc3O)cc2)N1C. The molecule has 0 fully saturated rings. The molecule has 2 radical (unpaired) electrons. The number of nitrogens with zero attached hydrogens (tertiary/aromatic N) is 1. The van der Waals surface area contributed by atoms with Crippen LogP contribution in [0.25, 0.3) is 0 Å². The molecule has 3 aromatic carbocycles. The number of allylic oxidation sites excluding steroid dienone is 3. The molecule has 0 spiro atoms. The van der Waals surface area contributed by atoms with Gasteiger partial charge in [0.2, 0.25) is 0 Å². The summed E-state index contributed by atoms with van der Waals surface area (Å²) < 4.78 is 2.05. The highest BCUT2D eigenvalue weighted by atomic mass is 127. The fourth-order valence-corrected chi connectivity index (χ4v) is 6.48. The monoisotopic (exact) mass is 589 g/mol. The molecule has 8 heteroatoms. The van der Waals surface area contributed by atoms with Crippen molar-refractivity contribution in [2.24, 2.45) is 0 Å². The molecular weight excluding hydrogens is 564 g/mol. The average Bonchev–Trinajstić information content (AvgIpc) is 2.89. The minimum absolute atomic E-state index is 0.0615. The van der Waals surface area contributed by atoms with E-state index in [9.17, 15) is 15.0 Å². The van der Waals surface area contributed by atoms with Crippen molar-refractivity contribution in [1.82, 2.24) is 10.2 Å². The minimum Gasteiger partial charge on any atom is -0.507 e.